The standard InChI is InChI=1S/C18H20FNO5S/c1-3-25-17-7-5-4-6-13(17)12-16(18(21)22)20(26(2,23)24)15-10-8-14(19)9-11-15/h4-11,16H,3,12H2,1-2H3,(H,21,22)/t16-/m0/s1. The number of benzene rings is 2. The highest BCUT2D eigenvalue weighted by Gasteiger charge is 2.33. The summed E-state index contributed by atoms with van der Waals surface area (Å²) in [6.45, 7) is 2.19. The van der Waals surface area contributed by atoms with E-state index < -0.39 is 27.9 Å². The third-order valence-corrected chi connectivity index (χ3v) is 4.87. The van der Waals surface area contributed by atoms with E-state index in [1.54, 1.807) is 31.2 Å². The first-order chi connectivity index (χ1) is 12.2. The van der Waals surface area contributed by atoms with Gasteiger partial charge in [-0.3, -0.25) is 4.31 Å². The quantitative estimate of drug-likeness (QED) is 0.760. The van der Waals surface area contributed by atoms with Gasteiger partial charge in [-0.05, 0) is 42.8 Å². The van der Waals surface area contributed by atoms with Gasteiger partial charge in [-0.2, -0.15) is 0 Å². The normalized spacial score (nSPS) is 12.4. The Morgan fingerprint density at radius 3 is 2.35 bits per heavy atom. The van der Waals surface area contributed by atoms with E-state index in [0.29, 0.717) is 17.9 Å². The molecular formula is C18H20FNO5S. The van der Waals surface area contributed by atoms with Gasteiger partial charge >= 0.3 is 5.97 Å². The first-order valence-electron chi connectivity index (χ1n) is 7.92. The van der Waals surface area contributed by atoms with Crippen molar-refractivity contribution >= 4 is 21.7 Å². The minimum atomic E-state index is -3.93. The van der Waals surface area contributed by atoms with Crippen LogP contribution in [0.4, 0.5) is 10.1 Å². The third kappa shape index (κ3) is 4.72. The smallest absolute Gasteiger partial charge is 0.327 e. The summed E-state index contributed by atoms with van der Waals surface area (Å²) < 4.78 is 44.1. The van der Waals surface area contributed by atoms with Crippen LogP contribution in [0, 0.1) is 5.82 Å². The van der Waals surface area contributed by atoms with E-state index in [1.165, 1.54) is 12.1 Å². The lowest BCUT2D eigenvalue weighted by atomic mass is 10.0. The number of ether oxygens (including phenoxy) is 1. The molecular weight excluding hydrogens is 361 g/mol. The van der Waals surface area contributed by atoms with Gasteiger partial charge in [-0.15, -0.1) is 0 Å². The highest BCUT2D eigenvalue weighted by Crippen LogP contribution is 2.26. The van der Waals surface area contributed by atoms with Crippen molar-refractivity contribution in [3.63, 3.8) is 0 Å². The van der Waals surface area contributed by atoms with Crippen LogP contribution in [0.25, 0.3) is 0 Å². The summed E-state index contributed by atoms with van der Waals surface area (Å²) in [5.41, 5.74) is 0.646. The second kappa shape index (κ2) is 8.18. The Labute approximate surface area is 151 Å². The summed E-state index contributed by atoms with van der Waals surface area (Å²) >= 11 is 0. The fourth-order valence-electron chi connectivity index (χ4n) is 2.64. The molecule has 0 spiro atoms. The monoisotopic (exact) mass is 381 g/mol. The molecule has 140 valence electrons. The Kier molecular flexibility index (Phi) is 6.20. The number of rotatable bonds is 8. The lowest BCUT2D eigenvalue weighted by Gasteiger charge is -2.29. The zero-order valence-corrected chi connectivity index (χ0v) is 15.2. The first kappa shape index (κ1) is 19.7. The van der Waals surface area contributed by atoms with Crippen LogP contribution >= 0.6 is 0 Å². The summed E-state index contributed by atoms with van der Waals surface area (Å²) in [4.78, 5) is 11.9. The number of para-hydroxylation sites is 1. The number of carboxylic acids is 1. The second-order valence-corrected chi connectivity index (χ2v) is 7.49. The Hall–Kier alpha value is -2.61. The number of halogens is 1. The average Bonchev–Trinajstić information content (AvgIpc) is 2.56. The first-order valence-corrected chi connectivity index (χ1v) is 9.77. The van der Waals surface area contributed by atoms with E-state index in [0.717, 1.165) is 22.7 Å². The fourth-order valence-corrected chi connectivity index (χ4v) is 3.77. The number of carboxylic acid groups (broad SMARTS) is 1. The largest absolute Gasteiger partial charge is 0.494 e. The van der Waals surface area contributed by atoms with E-state index in [1.807, 2.05) is 0 Å². The summed E-state index contributed by atoms with van der Waals surface area (Å²) in [5.74, 6) is -1.37. The molecule has 0 fully saturated rings. The van der Waals surface area contributed by atoms with Crippen molar-refractivity contribution in [2.75, 3.05) is 17.2 Å². The van der Waals surface area contributed by atoms with Crippen molar-refractivity contribution in [1.82, 2.24) is 0 Å². The van der Waals surface area contributed by atoms with Crippen LogP contribution < -0.4 is 9.04 Å². The van der Waals surface area contributed by atoms with Crippen LogP contribution in [0.5, 0.6) is 5.75 Å². The Morgan fingerprint density at radius 2 is 1.81 bits per heavy atom. The predicted molar refractivity (Wildman–Crippen MR) is 96.5 cm³/mol. The average molecular weight is 381 g/mol. The van der Waals surface area contributed by atoms with Gasteiger partial charge in [-0.25, -0.2) is 17.6 Å². The van der Waals surface area contributed by atoms with Crippen LogP contribution in [0.15, 0.2) is 48.5 Å². The number of hydrogen-bond acceptors (Lipinski definition) is 4. The van der Waals surface area contributed by atoms with Gasteiger partial charge in [0.1, 0.15) is 17.6 Å². The van der Waals surface area contributed by atoms with Crippen molar-refractivity contribution in [2.45, 2.75) is 19.4 Å². The maximum absolute atomic E-state index is 13.2. The molecule has 26 heavy (non-hydrogen) atoms. The molecule has 0 saturated carbocycles. The molecule has 0 saturated heterocycles. The SMILES string of the molecule is CCOc1ccccc1C[C@@H](C(=O)O)N(c1ccc(F)cc1)S(C)(=O)=O. The molecule has 0 heterocycles. The number of aliphatic carboxylic acids is 1. The number of hydrogen-bond donors (Lipinski definition) is 1. The van der Waals surface area contributed by atoms with Crippen LogP contribution in [-0.4, -0.2) is 38.4 Å². The van der Waals surface area contributed by atoms with Gasteiger partial charge in [0.2, 0.25) is 10.0 Å². The summed E-state index contributed by atoms with van der Waals surface area (Å²) in [6.07, 6.45) is 0.816. The second-order valence-electron chi connectivity index (χ2n) is 5.63. The highest BCUT2D eigenvalue weighted by atomic mass is 32.2. The molecule has 0 radical (unpaired) electrons. The molecule has 0 aliphatic carbocycles. The van der Waals surface area contributed by atoms with Gasteiger partial charge < -0.3 is 9.84 Å². The van der Waals surface area contributed by atoms with E-state index in [2.05, 4.69) is 0 Å². The van der Waals surface area contributed by atoms with Crippen molar-refractivity contribution in [3.8, 4) is 5.75 Å². The van der Waals surface area contributed by atoms with Crippen molar-refractivity contribution in [3.05, 3.63) is 59.9 Å². The van der Waals surface area contributed by atoms with Crippen LogP contribution in [0.1, 0.15) is 12.5 Å². The molecule has 0 aromatic heterocycles. The minimum absolute atomic E-state index is 0.0789. The van der Waals surface area contributed by atoms with Gasteiger partial charge in [0.25, 0.3) is 0 Å². The van der Waals surface area contributed by atoms with E-state index >= 15 is 0 Å². The molecule has 0 unspecified atom stereocenters. The molecule has 0 aliphatic heterocycles. The topological polar surface area (TPSA) is 83.9 Å². The molecule has 0 bridgehead atoms. The minimum Gasteiger partial charge on any atom is -0.494 e. The molecule has 2 aromatic carbocycles. The molecule has 2 aromatic rings. The lowest BCUT2D eigenvalue weighted by Crippen LogP contribution is -2.46. The maximum atomic E-state index is 13.2. The molecule has 1 N–H and O–H groups in total. The van der Waals surface area contributed by atoms with Crippen molar-refractivity contribution < 1.29 is 27.4 Å². The van der Waals surface area contributed by atoms with E-state index in [4.69, 9.17) is 4.74 Å². The summed E-state index contributed by atoms with van der Waals surface area (Å²) in [5, 5.41) is 9.68. The van der Waals surface area contributed by atoms with Gasteiger partial charge in [0.15, 0.2) is 0 Å². The van der Waals surface area contributed by atoms with Gasteiger partial charge in [0, 0.05) is 6.42 Å². The van der Waals surface area contributed by atoms with E-state index in [-0.39, 0.29) is 12.1 Å². The molecule has 6 nitrogen and oxygen atoms in total. The van der Waals surface area contributed by atoms with Gasteiger partial charge in [0.05, 0.1) is 18.6 Å². The number of nitrogens with zero attached hydrogens (tertiary/aromatic N) is 1. The Morgan fingerprint density at radius 1 is 1.19 bits per heavy atom. The number of anilines is 1. The lowest BCUT2D eigenvalue weighted by molar-refractivity contribution is -0.138. The Balaban J connectivity index is 2.48. The molecule has 8 heteroatoms. The predicted octanol–water partition coefficient (Wildman–Crippen LogP) is 2.69. The fraction of sp³-hybridized carbons (Fsp3) is 0.278. The van der Waals surface area contributed by atoms with Crippen molar-refractivity contribution in [1.29, 1.82) is 0 Å². The zero-order chi connectivity index (χ0) is 19.3. The summed E-state index contributed by atoms with van der Waals surface area (Å²) in [7, 11) is -3.93. The van der Waals surface area contributed by atoms with Crippen LogP contribution in [-0.2, 0) is 21.2 Å². The van der Waals surface area contributed by atoms with Crippen LogP contribution in [0.3, 0.4) is 0 Å². The third-order valence-electron chi connectivity index (χ3n) is 3.69. The molecule has 0 aliphatic rings. The van der Waals surface area contributed by atoms with Crippen LogP contribution in [0.2, 0.25) is 0 Å². The zero-order valence-electron chi connectivity index (χ0n) is 14.4. The Bertz CT molecular complexity index is 867. The molecule has 2 rings (SSSR count). The number of sulfonamides is 1. The molecule has 0 amide bonds. The highest BCUT2D eigenvalue weighted by molar-refractivity contribution is 7.92. The molecule has 1 atom stereocenters. The maximum Gasteiger partial charge on any atom is 0.327 e. The van der Waals surface area contributed by atoms with Gasteiger partial charge in [-0.1, -0.05) is 18.2 Å². The van der Waals surface area contributed by atoms with E-state index in [9.17, 15) is 22.7 Å². The number of carbonyl (C=O) groups is 1. The van der Waals surface area contributed by atoms with Crippen molar-refractivity contribution in [2.24, 2.45) is 0 Å². The summed E-state index contributed by atoms with van der Waals surface area (Å²) in [6, 6.07) is 10.1.